The molecule has 3 heterocycles. The third-order valence-corrected chi connectivity index (χ3v) is 8.10. The Balaban J connectivity index is 1.42. The van der Waals surface area contributed by atoms with Crippen LogP contribution in [0.15, 0.2) is 23.7 Å². The minimum Gasteiger partial charge on any atom is -0.380 e. The van der Waals surface area contributed by atoms with Gasteiger partial charge in [-0.2, -0.15) is 0 Å². The summed E-state index contributed by atoms with van der Waals surface area (Å²) in [7, 11) is 1.60. The number of amides is 2. The van der Waals surface area contributed by atoms with Gasteiger partial charge in [0.2, 0.25) is 0 Å². The molecule has 1 fully saturated rings. The van der Waals surface area contributed by atoms with Crippen molar-refractivity contribution >= 4 is 34.6 Å². The predicted octanol–water partition coefficient (Wildman–Crippen LogP) is 3.92. The molecule has 12 heteroatoms. The van der Waals surface area contributed by atoms with Gasteiger partial charge in [0.1, 0.15) is 16.1 Å². The summed E-state index contributed by atoms with van der Waals surface area (Å²) >= 11 is 1.05. The number of Topliss-reactive ketones (excluding diaryl/α,β-unsaturated/α-hetero) is 1. The predicted molar refractivity (Wildman–Crippen MR) is 136 cm³/mol. The van der Waals surface area contributed by atoms with Crippen molar-refractivity contribution in [3.63, 3.8) is 0 Å². The molecular weight excluding hydrogens is 516 g/mol. The van der Waals surface area contributed by atoms with E-state index in [0.717, 1.165) is 22.5 Å². The molecule has 0 unspecified atom stereocenters. The smallest absolute Gasteiger partial charge is 0.294 e. The van der Waals surface area contributed by atoms with Gasteiger partial charge in [0.15, 0.2) is 0 Å². The van der Waals surface area contributed by atoms with Gasteiger partial charge in [0.25, 0.3) is 23.5 Å². The average Bonchev–Trinajstić information content (AvgIpc) is 3.57. The van der Waals surface area contributed by atoms with Gasteiger partial charge in [-0.05, 0) is 55.5 Å². The van der Waals surface area contributed by atoms with Gasteiger partial charge in [-0.15, -0.1) is 21.5 Å². The topological polar surface area (TPSA) is 115 Å². The van der Waals surface area contributed by atoms with Crippen molar-refractivity contribution in [1.82, 2.24) is 20.1 Å². The Morgan fingerprint density at radius 1 is 1.21 bits per heavy atom. The molecule has 38 heavy (non-hydrogen) atoms. The van der Waals surface area contributed by atoms with E-state index in [1.165, 1.54) is 5.51 Å². The molecule has 1 saturated carbocycles. The summed E-state index contributed by atoms with van der Waals surface area (Å²) in [6.07, 6.45) is -0.0348. The molecule has 2 N–H and O–H groups in total. The van der Waals surface area contributed by atoms with Crippen LogP contribution < -0.4 is 10.6 Å². The van der Waals surface area contributed by atoms with E-state index in [4.69, 9.17) is 4.74 Å². The third kappa shape index (κ3) is 4.51. The molecule has 3 aromatic rings. The lowest BCUT2D eigenvalue weighted by atomic mass is 9.73. The SMILES string of the molecule is COCc1cc(NC(=O)c2c(C)c(C(=O)C(=O)NC3(c4nncs4)CC(F)(F)C3)n3c2CCC3)ccc1C. The van der Waals surface area contributed by atoms with Crippen molar-refractivity contribution in [2.75, 3.05) is 12.4 Å². The first kappa shape index (κ1) is 26.1. The fraction of sp³-hybridized carbons (Fsp3) is 0.423. The second-order valence-corrected chi connectivity index (χ2v) is 10.7. The van der Waals surface area contributed by atoms with E-state index in [0.29, 0.717) is 48.5 Å². The number of carbonyl (C=O) groups is 3. The summed E-state index contributed by atoms with van der Waals surface area (Å²) in [4.78, 5) is 40.0. The van der Waals surface area contributed by atoms with E-state index in [2.05, 4.69) is 20.8 Å². The maximum Gasteiger partial charge on any atom is 0.294 e. The fourth-order valence-electron chi connectivity index (χ4n) is 5.45. The molecule has 0 radical (unpaired) electrons. The molecule has 1 aromatic carbocycles. The first-order chi connectivity index (χ1) is 18.0. The van der Waals surface area contributed by atoms with Gasteiger partial charge in [-0.3, -0.25) is 14.4 Å². The van der Waals surface area contributed by atoms with Gasteiger partial charge < -0.3 is 19.9 Å². The molecule has 1 aliphatic heterocycles. The lowest BCUT2D eigenvalue weighted by molar-refractivity contribution is -0.147. The molecule has 9 nitrogen and oxygen atoms in total. The Bertz CT molecular complexity index is 1430. The molecular formula is C26H27F2N5O4S. The Morgan fingerprint density at radius 2 is 1.97 bits per heavy atom. The lowest BCUT2D eigenvalue weighted by Crippen LogP contribution is -2.61. The van der Waals surface area contributed by atoms with Gasteiger partial charge >= 0.3 is 0 Å². The number of aryl methyl sites for hydroxylation is 1. The molecule has 200 valence electrons. The second-order valence-electron chi connectivity index (χ2n) is 9.90. The Kier molecular flexibility index (Phi) is 6.64. The van der Waals surface area contributed by atoms with Gasteiger partial charge in [0.05, 0.1) is 17.9 Å². The number of carbonyl (C=O) groups excluding carboxylic acids is 3. The highest BCUT2D eigenvalue weighted by molar-refractivity contribution is 7.09. The van der Waals surface area contributed by atoms with Crippen molar-refractivity contribution in [2.45, 2.75) is 64.1 Å². The number of hydrogen-bond acceptors (Lipinski definition) is 7. The van der Waals surface area contributed by atoms with E-state index in [9.17, 15) is 23.2 Å². The largest absolute Gasteiger partial charge is 0.380 e. The van der Waals surface area contributed by atoms with Crippen LogP contribution in [0.3, 0.4) is 0 Å². The number of halogens is 2. The summed E-state index contributed by atoms with van der Waals surface area (Å²) in [5.74, 6) is -5.25. The molecule has 5 rings (SSSR count). The van der Waals surface area contributed by atoms with Crippen LogP contribution in [0.4, 0.5) is 14.5 Å². The first-order valence-corrected chi connectivity index (χ1v) is 13.1. The maximum atomic E-state index is 13.9. The normalized spacial score (nSPS) is 17.0. The van der Waals surface area contributed by atoms with E-state index < -0.39 is 36.0 Å². The summed E-state index contributed by atoms with van der Waals surface area (Å²) in [6.45, 7) is 4.45. The van der Waals surface area contributed by atoms with Crippen LogP contribution in [0.1, 0.15) is 67.5 Å². The number of benzene rings is 1. The summed E-state index contributed by atoms with van der Waals surface area (Å²) in [5, 5.41) is 13.2. The minimum atomic E-state index is -2.97. The number of hydrogen-bond donors (Lipinski definition) is 2. The molecule has 2 aliphatic rings. The number of alkyl halides is 2. The molecule has 0 spiro atoms. The van der Waals surface area contributed by atoms with E-state index in [1.54, 1.807) is 24.7 Å². The number of methoxy groups -OCH3 is 1. The Labute approximate surface area is 221 Å². The van der Waals surface area contributed by atoms with Crippen LogP contribution in [0.5, 0.6) is 0 Å². The van der Waals surface area contributed by atoms with Crippen molar-refractivity contribution in [3.05, 3.63) is 62.4 Å². The van der Waals surface area contributed by atoms with Gasteiger partial charge in [0, 0.05) is 37.9 Å². The van der Waals surface area contributed by atoms with Crippen LogP contribution in [-0.4, -0.2) is 45.4 Å². The Hall–Kier alpha value is -3.51. The van der Waals surface area contributed by atoms with Crippen LogP contribution >= 0.6 is 11.3 Å². The molecule has 2 amide bonds. The minimum absolute atomic E-state index is 0.0997. The van der Waals surface area contributed by atoms with E-state index >= 15 is 0 Å². The van der Waals surface area contributed by atoms with Crippen molar-refractivity contribution in [1.29, 1.82) is 0 Å². The van der Waals surface area contributed by atoms with E-state index in [-0.39, 0.29) is 16.6 Å². The number of rotatable bonds is 8. The number of ether oxygens (including phenoxy) is 1. The molecule has 2 aromatic heterocycles. The van der Waals surface area contributed by atoms with Gasteiger partial charge in [-0.1, -0.05) is 6.07 Å². The molecule has 0 bridgehead atoms. The van der Waals surface area contributed by atoms with Crippen LogP contribution in [-0.2, 0) is 34.6 Å². The van der Waals surface area contributed by atoms with Crippen LogP contribution in [0.25, 0.3) is 0 Å². The average molecular weight is 544 g/mol. The number of anilines is 1. The quantitative estimate of drug-likeness (QED) is 0.329. The standard InChI is InChI=1S/C26H27F2N5O4S/c1-14-6-7-17(9-16(14)10-37-3)30-22(35)19-15(2)20(33-8-4-5-18(19)33)21(34)23(36)31-25(11-26(27,28)12-25)24-32-29-13-38-24/h6-7,9,13H,4-5,8,10-12H2,1-3H3,(H,30,35)(H,31,36). The number of nitrogens with one attached hydrogen (secondary N) is 2. The van der Waals surface area contributed by atoms with E-state index in [1.807, 2.05) is 19.1 Å². The van der Waals surface area contributed by atoms with Crippen LogP contribution in [0.2, 0.25) is 0 Å². The molecule has 0 atom stereocenters. The van der Waals surface area contributed by atoms with Crippen molar-refractivity contribution in [3.8, 4) is 0 Å². The lowest BCUT2D eigenvalue weighted by Gasteiger charge is -2.45. The second kappa shape index (κ2) is 9.66. The highest BCUT2D eigenvalue weighted by Gasteiger charge is 2.60. The zero-order valence-electron chi connectivity index (χ0n) is 21.2. The highest BCUT2D eigenvalue weighted by Crippen LogP contribution is 2.52. The molecule has 1 aliphatic carbocycles. The summed E-state index contributed by atoms with van der Waals surface area (Å²) < 4.78 is 34.7. The van der Waals surface area contributed by atoms with Crippen molar-refractivity contribution < 1.29 is 27.9 Å². The first-order valence-electron chi connectivity index (χ1n) is 12.2. The van der Waals surface area contributed by atoms with Crippen molar-refractivity contribution in [2.24, 2.45) is 0 Å². The number of ketones is 1. The maximum absolute atomic E-state index is 13.9. The molecule has 0 saturated heterocycles. The Morgan fingerprint density at radius 3 is 2.63 bits per heavy atom. The zero-order chi connectivity index (χ0) is 27.2. The fourth-order valence-corrected chi connectivity index (χ4v) is 6.16. The van der Waals surface area contributed by atoms with Crippen LogP contribution in [0, 0.1) is 13.8 Å². The number of aromatic nitrogens is 3. The third-order valence-electron chi connectivity index (χ3n) is 7.21. The summed E-state index contributed by atoms with van der Waals surface area (Å²) in [5.41, 5.74) is 3.99. The monoisotopic (exact) mass is 543 g/mol. The van der Waals surface area contributed by atoms with Gasteiger partial charge in [-0.25, -0.2) is 8.78 Å². The zero-order valence-corrected chi connectivity index (χ0v) is 22.0. The number of nitrogens with zero attached hydrogens (tertiary/aromatic N) is 3. The summed E-state index contributed by atoms with van der Waals surface area (Å²) in [6, 6.07) is 5.51. The highest BCUT2D eigenvalue weighted by atomic mass is 32.1. The number of fused-ring (bicyclic) bond motifs is 1.